The van der Waals surface area contributed by atoms with Gasteiger partial charge in [0.05, 0.1) is 0 Å². The van der Waals surface area contributed by atoms with Crippen LogP contribution < -0.4 is 0 Å². The first-order valence-electron chi connectivity index (χ1n) is 7.39. The van der Waals surface area contributed by atoms with Gasteiger partial charge in [-0.1, -0.05) is 42.5 Å². The van der Waals surface area contributed by atoms with Crippen molar-refractivity contribution >= 4 is 11.4 Å². The summed E-state index contributed by atoms with van der Waals surface area (Å²) < 4.78 is 14.4. The van der Waals surface area contributed by atoms with Gasteiger partial charge < -0.3 is 0 Å². The molecule has 2 aromatic carbocycles. The van der Waals surface area contributed by atoms with E-state index in [1.807, 2.05) is 38.1 Å². The second-order valence-electron chi connectivity index (χ2n) is 5.92. The maximum absolute atomic E-state index is 14.4. The molecule has 0 heterocycles. The fraction of sp³-hybridized carbons (Fsp3) is 0.250. The normalized spacial score (nSPS) is 10.5. The lowest BCUT2D eigenvalue weighted by atomic mass is 9.93. The Morgan fingerprint density at radius 2 is 1.82 bits per heavy atom. The second-order valence-corrected chi connectivity index (χ2v) is 5.92. The maximum Gasteiger partial charge on any atom is 0.134 e. The van der Waals surface area contributed by atoms with Crippen LogP contribution in [0.15, 0.2) is 43.0 Å². The molecule has 0 atom stereocenters. The molecule has 2 heteroatoms. The molecular weight excluding hydrogens is 275 g/mol. The largest absolute Gasteiger partial charge is 0.300 e. The van der Waals surface area contributed by atoms with Gasteiger partial charge in [-0.3, -0.25) is 4.79 Å². The number of allylic oxidation sites excluding steroid dienone is 1. The van der Waals surface area contributed by atoms with Gasteiger partial charge in [-0.15, -0.1) is 0 Å². The van der Waals surface area contributed by atoms with Gasteiger partial charge in [0, 0.05) is 12.0 Å². The highest BCUT2D eigenvalue weighted by atomic mass is 19.1. The summed E-state index contributed by atoms with van der Waals surface area (Å²) >= 11 is 0. The van der Waals surface area contributed by atoms with Crippen LogP contribution in [0.4, 0.5) is 4.39 Å². The monoisotopic (exact) mass is 296 g/mol. The molecule has 0 amide bonds. The first-order valence-corrected chi connectivity index (χ1v) is 7.39. The topological polar surface area (TPSA) is 17.1 Å². The van der Waals surface area contributed by atoms with E-state index >= 15 is 0 Å². The number of ketones is 1. The van der Waals surface area contributed by atoms with Crippen molar-refractivity contribution < 1.29 is 9.18 Å². The predicted octanol–water partition coefficient (Wildman–Crippen LogP) is 4.83. The molecule has 0 fully saturated rings. The Hall–Kier alpha value is -2.22. The minimum absolute atomic E-state index is 0.0325. The van der Waals surface area contributed by atoms with Gasteiger partial charge in [-0.05, 0) is 55.5 Å². The molecule has 1 nitrogen and oxygen atoms in total. The molecule has 22 heavy (non-hydrogen) atoms. The van der Waals surface area contributed by atoms with Crippen LogP contribution in [-0.2, 0) is 17.6 Å². The van der Waals surface area contributed by atoms with Crippen LogP contribution in [0.2, 0.25) is 0 Å². The highest BCUT2D eigenvalue weighted by molar-refractivity contribution is 5.78. The first kappa shape index (κ1) is 16.2. The summed E-state index contributed by atoms with van der Waals surface area (Å²) in [5, 5.41) is 0. The highest BCUT2D eigenvalue weighted by Gasteiger charge is 2.13. The third-order valence-corrected chi connectivity index (χ3v) is 3.65. The zero-order valence-corrected chi connectivity index (χ0v) is 13.4. The fourth-order valence-corrected chi connectivity index (χ4v) is 2.81. The molecule has 0 bridgehead atoms. The number of carbonyl (C=O) groups excluding carboxylic acids is 1. The number of benzene rings is 2. The van der Waals surface area contributed by atoms with Crippen molar-refractivity contribution in [2.75, 3.05) is 0 Å². The van der Waals surface area contributed by atoms with Gasteiger partial charge in [0.15, 0.2) is 0 Å². The predicted molar refractivity (Wildman–Crippen MR) is 89.4 cm³/mol. The van der Waals surface area contributed by atoms with Crippen molar-refractivity contribution in [3.63, 3.8) is 0 Å². The van der Waals surface area contributed by atoms with Crippen LogP contribution in [0.5, 0.6) is 0 Å². The summed E-state index contributed by atoms with van der Waals surface area (Å²) in [5.74, 6) is -0.265. The van der Waals surface area contributed by atoms with Gasteiger partial charge in [0.2, 0.25) is 0 Å². The molecule has 0 aromatic heterocycles. The maximum atomic E-state index is 14.4. The quantitative estimate of drug-likeness (QED) is 0.772. The lowest BCUT2D eigenvalue weighted by Crippen LogP contribution is -2.02. The van der Waals surface area contributed by atoms with Gasteiger partial charge in [0.1, 0.15) is 11.6 Å². The molecule has 0 saturated heterocycles. The van der Waals surface area contributed by atoms with Crippen LogP contribution in [0, 0.1) is 19.7 Å². The Balaban J connectivity index is 2.28. The van der Waals surface area contributed by atoms with Crippen molar-refractivity contribution in [2.45, 2.75) is 33.6 Å². The number of aryl methyl sites for hydroxylation is 2. The minimum Gasteiger partial charge on any atom is -0.300 e. The molecule has 0 aliphatic heterocycles. The van der Waals surface area contributed by atoms with E-state index in [2.05, 4.69) is 12.6 Å². The Morgan fingerprint density at radius 1 is 1.09 bits per heavy atom. The fourth-order valence-electron chi connectivity index (χ4n) is 2.81. The van der Waals surface area contributed by atoms with E-state index in [-0.39, 0.29) is 18.0 Å². The molecule has 114 valence electrons. The molecule has 0 spiro atoms. The van der Waals surface area contributed by atoms with Crippen molar-refractivity contribution in [1.29, 1.82) is 0 Å². The van der Waals surface area contributed by atoms with Gasteiger partial charge in [-0.25, -0.2) is 4.39 Å². The average molecular weight is 296 g/mol. The summed E-state index contributed by atoms with van der Waals surface area (Å²) in [6.45, 7) is 9.47. The third-order valence-electron chi connectivity index (χ3n) is 3.65. The summed E-state index contributed by atoms with van der Waals surface area (Å²) in [6, 6.07) is 11.5. The van der Waals surface area contributed by atoms with Crippen LogP contribution in [-0.4, -0.2) is 5.78 Å². The molecule has 0 aliphatic rings. The van der Waals surface area contributed by atoms with E-state index in [4.69, 9.17) is 0 Å². The van der Waals surface area contributed by atoms with E-state index < -0.39 is 0 Å². The molecule has 2 rings (SSSR count). The summed E-state index contributed by atoms with van der Waals surface area (Å²) in [4.78, 5) is 11.2. The number of halogens is 1. The smallest absolute Gasteiger partial charge is 0.134 e. The number of hydrogen-bond donors (Lipinski definition) is 0. The molecule has 0 radical (unpaired) electrons. The van der Waals surface area contributed by atoms with Crippen LogP contribution >= 0.6 is 0 Å². The number of rotatable bonds is 5. The Kier molecular flexibility index (Phi) is 4.92. The third kappa shape index (κ3) is 3.91. The van der Waals surface area contributed by atoms with Crippen molar-refractivity contribution in [3.8, 4) is 0 Å². The van der Waals surface area contributed by atoms with E-state index in [0.717, 1.165) is 22.3 Å². The van der Waals surface area contributed by atoms with Gasteiger partial charge >= 0.3 is 0 Å². The van der Waals surface area contributed by atoms with Crippen molar-refractivity contribution in [3.05, 3.63) is 76.6 Å². The summed E-state index contributed by atoms with van der Waals surface area (Å²) in [5.41, 5.74) is 5.17. The van der Waals surface area contributed by atoms with E-state index in [1.165, 1.54) is 18.6 Å². The van der Waals surface area contributed by atoms with E-state index in [0.29, 0.717) is 12.0 Å². The number of carbonyl (C=O) groups is 1. The minimum atomic E-state index is -0.297. The lowest BCUT2D eigenvalue weighted by Gasteiger charge is -2.13. The Bertz CT molecular complexity index is 705. The summed E-state index contributed by atoms with van der Waals surface area (Å²) in [7, 11) is 0. The molecule has 2 aromatic rings. The average Bonchev–Trinajstić information content (AvgIpc) is 2.36. The van der Waals surface area contributed by atoms with E-state index in [9.17, 15) is 9.18 Å². The zero-order chi connectivity index (χ0) is 16.3. The molecule has 0 aliphatic carbocycles. The molecule has 0 saturated carbocycles. The molecular formula is C20H21FO. The molecule has 0 unspecified atom stereocenters. The van der Waals surface area contributed by atoms with Crippen LogP contribution in [0.1, 0.15) is 34.7 Å². The van der Waals surface area contributed by atoms with Crippen LogP contribution in [0.3, 0.4) is 0 Å². The highest BCUT2D eigenvalue weighted by Crippen LogP contribution is 2.26. The summed E-state index contributed by atoms with van der Waals surface area (Å²) in [6.07, 6.45) is 0.883. The van der Waals surface area contributed by atoms with Crippen molar-refractivity contribution in [2.24, 2.45) is 0 Å². The lowest BCUT2D eigenvalue weighted by molar-refractivity contribution is -0.116. The van der Waals surface area contributed by atoms with E-state index in [1.54, 1.807) is 0 Å². The van der Waals surface area contributed by atoms with Crippen molar-refractivity contribution in [1.82, 2.24) is 0 Å². The van der Waals surface area contributed by atoms with Crippen LogP contribution in [0.25, 0.3) is 5.57 Å². The Morgan fingerprint density at radius 3 is 2.41 bits per heavy atom. The second kappa shape index (κ2) is 6.69. The number of hydrogen-bond acceptors (Lipinski definition) is 1. The number of Topliss-reactive ketones (excluding diaryl/α,β-unsaturated/α-hetero) is 1. The standard InChI is InChI=1S/C20H21FO/c1-13-6-5-7-17(8-13)9-14(2)20-15(3)10-18(11-16(4)22)12-19(20)21/h5-8,10,12H,2,9,11H2,1,3-4H3. The van der Waals surface area contributed by atoms with Gasteiger partial charge in [0.25, 0.3) is 0 Å². The Labute approximate surface area is 131 Å². The SMILES string of the molecule is C=C(Cc1cccc(C)c1)c1c(C)cc(CC(C)=O)cc1F. The van der Waals surface area contributed by atoms with Gasteiger partial charge in [-0.2, -0.15) is 0 Å². The zero-order valence-electron chi connectivity index (χ0n) is 13.4. The first-order chi connectivity index (χ1) is 10.4. The molecule has 0 N–H and O–H groups in total.